The maximum atomic E-state index is 10.7. The highest BCUT2D eigenvalue weighted by molar-refractivity contribution is 5.39. The third kappa shape index (κ3) is 2.25. The summed E-state index contributed by atoms with van der Waals surface area (Å²) < 4.78 is 0. The van der Waals surface area contributed by atoms with E-state index >= 15 is 0 Å². The van der Waals surface area contributed by atoms with Crippen LogP contribution in [0.3, 0.4) is 0 Å². The van der Waals surface area contributed by atoms with Gasteiger partial charge in [-0.2, -0.15) is 0 Å². The van der Waals surface area contributed by atoms with Gasteiger partial charge in [0.15, 0.2) is 0 Å². The molecule has 1 heteroatoms. The zero-order chi connectivity index (χ0) is 12.5. The lowest BCUT2D eigenvalue weighted by molar-refractivity contribution is 0.102. The lowest BCUT2D eigenvalue weighted by Crippen LogP contribution is -2.22. The van der Waals surface area contributed by atoms with Gasteiger partial charge in [-0.05, 0) is 43.0 Å². The molecule has 88 valence electrons. The molecule has 0 bridgehead atoms. The van der Waals surface area contributed by atoms with Gasteiger partial charge in [0.1, 0.15) is 5.60 Å². The van der Waals surface area contributed by atoms with Gasteiger partial charge in [0.05, 0.1) is 0 Å². The predicted molar refractivity (Wildman–Crippen MR) is 71.0 cm³/mol. The van der Waals surface area contributed by atoms with Gasteiger partial charge in [0, 0.05) is 0 Å². The molecule has 1 nitrogen and oxygen atoms in total. The average molecular weight is 226 g/mol. The Bertz CT molecular complexity index is 512. The fourth-order valence-electron chi connectivity index (χ4n) is 1.97. The minimum Gasteiger partial charge on any atom is -0.381 e. The fourth-order valence-corrected chi connectivity index (χ4v) is 1.97. The van der Waals surface area contributed by atoms with Gasteiger partial charge in [-0.25, -0.2) is 0 Å². The van der Waals surface area contributed by atoms with E-state index in [-0.39, 0.29) is 0 Å². The van der Waals surface area contributed by atoms with Gasteiger partial charge < -0.3 is 5.11 Å². The second kappa shape index (κ2) is 4.34. The van der Waals surface area contributed by atoms with E-state index < -0.39 is 5.60 Å². The summed E-state index contributed by atoms with van der Waals surface area (Å²) in [7, 11) is 0. The number of aryl methyl sites for hydroxylation is 2. The molecule has 1 atom stereocenters. The Morgan fingerprint density at radius 2 is 1.47 bits per heavy atom. The molecule has 0 amide bonds. The van der Waals surface area contributed by atoms with E-state index in [9.17, 15) is 5.11 Å². The van der Waals surface area contributed by atoms with Crippen molar-refractivity contribution in [3.05, 3.63) is 70.8 Å². The lowest BCUT2D eigenvalue weighted by atomic mass is 9.87. The zero-order valence-electron chi connectivity index (χ0n) is 10.6. The van der Waals surface area contributed by atoms with Gasteiger partial charge in [0.2, 0.25) is 0 Å². The van der Waals surface area contributed by atoms with Crippen LogP contribution in [-0.2, 0) is 5.60 Å². The van der Waals surface area contributed by atoms with Crippen LogP contribution in [0, 0.1) is 13.8 Å². The van der Waals surface area contributed by atoms with E-state index in [4.69, 9.17) is 0 Å². The van der Waals surface area contributed by atoms with Gasteiger partial charge in [-0.15, -0.1) is 0 Å². The van der Waals surface area contributed by atoms with Crippen molar-refractivity contribution in [2.45, 2.75) is 26.4 Å². The summed E-state index contributed by atoms with van der Waals surface area (Å²) in [4.78, 5) is 0. The van der Waals surface area contributed by atoms with Crippen molar-refractivity contribution in [1.29, 1.82) is 0 Å². The van der Waals surface area contributed by atoms with Crippen molar-refractivity contribution in [3.8, 4) is 0 Å². The van der Waals surface area contributed by atoms with Crippen molar-refractivity contribution >= 4 is 0 Å². The van der Waals surface area contributed by atoms with E-state index in [2.05, 4.69) is 26.0 Å². The molecular weight excluding hydrogens is 208 g/mol. The summed E-state index contributed by atoms with van der Waals surface area (Å²) in [6, 6.07) is 15.9. The summed E-state index contributed by atoms with van der Waals surface area (Å²) in [6.45, 7) is 5.99. The molecule has 0 aliphatic rings. The molecule has 0 saturated carbocycles. The molecule has 2 aromatic carbocycles. The predicted octanol–water partition coefficient (Wildman–Crippen LogP) is 3.56. The SMILES string of the molecule is Cc1ccc(C(C)(O)c2ccccc2)cc1C. The molecule has 0 aromatic heterocycles. The van der Waals surface area contributed by atoms with Crippen molar-refractivity contribution in [3.63, 3.8) is 0 Å². The summed E-state index contributed by atoms with van der Waals surface area (Å²) >= 11 is 0. The van der Waals surface area contributed by atoms with Crippen LogP contribution < -0.4 is 0 Å². The Morgan fingerprint density at radius 1 is 0.824 bits per heavy atom. The van der Waals surface area contributed by atoms with Crippen molar-refractivity contribution in [2.24, 2.45) is 0 Å². The molecule has 1 unspecified atom stereocenters. The number of aliphatic hydroxyl groups is 1. The largest absolute Gasteiger partial charge is 0.381 e. The van der Waals surface area contributed by atoms with E-state index in [1.807, 2.05) is 43.3 Å². The van der Waals surface area contributed by atoms with Crippen molar-refractivity contribution < 1.29 is 5.11 Å². The van der Waals surface area contributed by atoms with E-state index in [1.165, 1.54) is 11.1 Å². The third-order valence-electron chi connectivity index (χ3n) is 3.40. The summed E-state index contributed by atoms with van der Waals surface area (Å²) in [6.07, 6.45) is 0. The van der Waals surface area contributed by atoms with E-state index in [0.717, 1.165) is 11.1 Å². The van der Waals surface area contributed by atoms with Crippen LogP contribution >= 0.6 is 0 Å². The van der Waals surface area contributed by atoms with Crippen LogP contribution in [0.5, 0.6) is 0 Å². The quantitative estimate of drug-likeness (QED) is 0.830. The first-order chi connectivity index (χ1) is 8.01. The Kier molecular flexibility index (Phi) is 3.03. The Balaban J connectivity index is 2.48. The standard InChI is InChI=1S/C16H18O/c1-12-9-10-15(11-13(12)2)16(3,17)14-7-5-4-6-8-14/h4-11,17H,1-3H3. The molecule has 2 aromatic rings. The zero-order valence-corrected chi connectivity index (χ0v) is 10.6. The van der Waals surface area contributed by atoms with E-state index in [0.29, 0.717) is 0 Å². The Hall–Kier alpha value is -1.60. The number of rotatable bonds is 2. The van der Waals surface area contributed by atoms with Crippen LogP contribution in [0.1, 0.15) is 29.2 Å². The monoisotopic (exact) mass is 226 g/mol. The maximum Gasteiger partial charge on any atom is 0.112 e. The highest BCUT2D eigenvalue weighted by Gasteiger charge is 2.25. The molecule has 0 saturated heterocycles. The minimum absolute atomic E-state index is 0.920. The van der Waals surface area contributed by atoms with Crippen LogP contribution in [0.2, 0.25) is 0 Å². The molecule has 0 heterocycles. The average Bonchev–Trinajstić information content (AvgIpc) is 2.33. The van der Waals surface area contributed by atoms with Crippen LogP contribution in [0.4, 0.5) is 0 Å². The van der Waals surface area contributed by atoms with Gasteiger partial charge in [0.25, 0.3) is 0 Å². The van der Waals surface area contributed by atoms with Crippen molar-refractivity contribution in [1.82, 2.24) is 0 Å². The Labute approximate surface area is 103 Å². The second-order valence-corrected chi connectivity index (χ2v) is 4.74. The highest BCUT2D eigenvalue weighted by atomic mass is 16.3. The summed E-state index contributed by atoms with van der Waals surface area (Å²) in [5.41, 5.74) is 3.38. The first kappa shape index (κ1) is 11.9. The van der Waals surface area contributed by atoms with E-state index in [1.54, 1.807) is 0 Å². The molecule has 0 fully saturated rings. The molecule has 0 aliphatic heterocycles. The normalized spacial score (nSPS) is 14.4. The minimum atomic E-state index is -0.931. The van der Waals surface area contributed by atoms with Crippen LogP contribution in [0.15, 0.2) is 48.5 Å². The maximum absolute atomic E-state index is 10.7. The van der Waals surface area contributed by atoms with Crippen LogP contribution in [-0.4, -0.2) is 5.11 Å². The smallest absolute Gasteiger partial charge is 0.112 e. The summed E-state index contributed by atoms with van der Waals surface area (Å²) in [5, 5.41) is 10.7. The number of hydrogen-bond acceptors (Lipinski definition) is 1. The second-order valence-electron chi connectivity index (χ2n) is 4.74. The molecule has 0 aliphatic carbocycles. The molecule has 17 heavy (non-hydrogen) atoms. The topological polar surface area (TPSA) is 20.2 Å². The molecule has 1 N–H and O–H groups in total. The highest BCUT2D eigenvalue weighted by Crippen LogP contribution is 2.29. The third-order valence-corrected chi connectivity index (χ3v) is 3.40. The van der Waals surface area contributed by atoms with Crippen molar-refractivity contribution in [2.75, 3.05) is 0 Å². The first-order valence-electron chi connectivity index (χ1n) is 5.87. The van der Waals surface area contributed by atoms with Gasteiger partial charge in [-0.3, -0.25) is 0 Å². The lowest BCUT2D eigenvalue weighted by Gasteiger charge is -2.25. The van der Waals surface area contributed by atoms with Crippen LogP contribution in [0.25, 0.3) is 0 Å². The fraction of sp³-hybridized carbons (Fsp3) is 0.250. The first-order valence-corrected chi connectivity index (χ1v) is 5.87. The molecule has 0 radical (unpaired) electrons. The molecule has 0 spiro atoms. The Morgan fingerprint density at radius 3 is 2.06 bits per heavy atom. The number of benzene rings is 2. The molecular formula is C16H18O. The summed E-state index contributed by atoms with van der Waals surface area (Å²) in [5.74, 6) is 0. The molecule has 2 rings (SSSR count). The van der Waals surface area contributed by atoms with Gasteiger partial charge in [-0.1, -0.05) is 48.5 Å². The number of hydrogen-bond donors (Lipinski definition) is 1. The van der Waals surface area contributed by atoms with Gasteiger partial charge >= 0.3 is 0 Å².